The Bertz CT molecular complexity index is 459. The second-order valence-electron chi connectivity index (χ2n) is 3.75. The van der Waals surface area contributed by atoms with Crippen molar-refractivity contribution in [1.82, 2.24) is 4.90 Å². The lowest BCUT2D eigenvalue weighted by Crippen LogP contribution is -2.34. The first-order valence-corrected chi connectivity index (χ1v) is 5.74. The highest BCUT2D eigenvalue weighted by Gasteiger charge is 2.23. The quantitative estimate of drug-likeness (QED) is 0.817. The van der Waals surface area contributed by atoms with Crippen molar-refractivity contribution in [2.24, 2.45) is 0 Å². The van der Waals surface area contributed by atoms with E-state index in [1.165, 1.54) is 0 Å². The van der Waals surface area contributed by atoms with E-state index in [1.54, 1.807) is 6.92 Å². The molecule has 0 bridgehead atoms. The Morgan fingerprint density at radius 2 is 1.90 bits per heavy atom. The van der Waals surface area contributed by atoms with Gasteiger partial charge in [0.15, 0.2) is 0 Å². The Morgan fingerprint density at radius 3 is 2.30 bits per heavy atom. The molecule has 112 valence electrons. The molecule has 4 nitrogen and oxygen atoms in total. The van der Waals surface area contributed by atoms with Crippen LogP contribution in [0.5, 0.6) is 5.75 Å². The molecule has 20 heavy (non-hydrogen) atoms. The van der Waals surface area contributed by atoms with Crippen LogP contribution in [-0.4, -0.2) is 42.2 Å². The first-order valence-electron chi connectivity index (χ1n) is 5.74. The molecule has 0 saturated carbocycles. The standard InChI is InChI=1S/C12H13F4NO3/c1-2-17(3-4-18)11(19)10-8(13)5-7(6-9(10)14)20-12(15)16/h5-6,12,18H,2-4H2,1H3. The maximum atomic E-state index is 13.7. The molecule has 1 aromatic carbocycles. The zero-order valence-corrected chi connectivity index (χ0v) is 10.6. The maximum Gasteiger partial charge on any atom is 0.387 e. The van der Waals surface area contributed by atoms with Gasteiger partial charge >= 0.3 is 6.61 Å². The van der Waals surface area contributed by atoms with Crippen molar-refractivity contribution in [2.75, 3.05) is 19.7 Å². The van der Waals surface area contributed by atoms with Gasteiger partial charge in [-0.1, -0.05) is 0 Å². The zero-order valence-electron chi connectivity index (χ0n) is 10.6. The highest BCUT2D eigenvalue weighted by molar-refractivity contribution is 5.95. The van der Waals surface area contributed by atoms with E-state index in [4.69, 9.17) is 5.11 Å². The molecule has 0 saturated heterocycles. The lowest BCUT2D eigenvalue weighted by molar-refractivity contribution is -0.0501. The molecule has 1 amide bonds. The highest BCUT2D eigenvalue weighted by atomic mass is 19.3. The third-order valence-corrected chi connectivity index (χ3v) is 2.49. The molecule has 0 radical (unpaired) electrons. The van der Waals surface area contributed by atoms with Crippen LogP contribution >= 0.6 is 0 Å². The molecule has 1 rings (SSSR count). The molecule has 0 atom stereocenters. The predicted molar refractivity (Wildman–Crippen MR) is 61.7 cm³/mol. The number of hydrogen-bond donors (Lipinski definition) is 1. The van der Waals surface area contributed by atoms with E-state index in [-0.39, 0.29) is 19.7 Å². The molecular weight excluding hydrogens is 282 g/mol. The van der Waals surface area contributed by atoms with E-state index in [9.17, 15) is 22.4 Å². The van der Waals surface area contributed by atoms with Gasteiger partial charge in [0, 0.05) is 25.2 Å². The third-order valence-electron chi connectivity index (χ3n) is 2.49. The monoisotopic (exact) mass is 295 g/mol. The molecule has 0 fully saturated rings. The van der Waals surface area contributed by atoms with Crippen molar-refractivity contribution >= 4 is 5.91 Å². The summed E-state index contributed by atoms with van der Waals surface area (Å²) in [7, 11) is 0. The van der Waals surface area contributed by atoms with E-state index in [1.807, 2.05) is 0 Å². The number of ether oxygens (including phenoxy) is 1. The first-order chi connectivity index (χ1) is 9.40. The largest absolute Gasteiger partial charge is 0.435 e. The molecule has 0 aliphatic heterocycles. The molecule has 1 N–H and O–H groups in total. The van der Waals surface area contributed by atoms with Crippen molar-refractivity contribution in [2.45, 2.75) is 13.5 Å². The summed E-state index contributed by atoms with van der Waals surface area (Å²) in [4.78, 5) is 12.9. The fourth-order valence-electron chi connectivity index (χ4n) is 1.61. The van der Waals surface area contributed by atoms with E-state index in [2.05, 4.69) is 4.74 Å². The van der Waals surface area contributed by atoms with Gasteiger partial charge in [0.1, 0.15) is 22.9 Å². The Balaban J connectivity index is 3.09. The number of carbonyl (C=O) groups is 1. The normalized spacial score (nSPS) is 10.8. The van der Waals surface area contributed by atoms with E-state index in [0.717, 1.165) is 4.90 Å². The Hall–Kier alpha value is -1.83. The van der Waals surface area contributed by atoms with Gasteiger partial charge in [-0.2, -0.15) is 8.78 Å². The molecule has 0 unspecified atom stereocenters. The summed E-state index contributed by atoms with van der Waals surface area (Å²) in [5.74, 6) is -4.29. The number of rotatable bonds is 6. The number of benzene rings is 1. The summed E-state index contributed by atoms with van der Waals surface area (Å²) < 4.78 is 55.1. The minimum Gasteiger partial charge on any atom is -0.435 e. The Labute approximate surface area is 112 Å². The van der Waals surface area contributed by atoms with Crippen molar-refractivity contribution < 1.29 is 32.2 Å². The zero-order chi connectivity index (χ0) is 15.3. The summed E-state index contributed by atoms with van der Waals surface area (Å²) in [5.41, 5.74) is -0.873. The van der Waals surface area contributed by atoms with Crippen molar-refractivity contribution in [1.29, 1.82) is 0 Å². The fourth-order valence-corrected chi connectivity index (χ4v) is 1.61. The summed E-state index contributed by atoms with van der Waals surface area (Å²) in [6, 6.07) is 1.02. The average Bonchev–Trinajstić information content (AvgIpc) is 2.33. The average molecular weight is 295 g/mol. The minimum atomic E-state index is -3.23. The number of likely N-dealkylation sites (N-methyl/N-ethyl adjacent to an activating group) is 1. The van der Waals surface area contributed by atoms with Crippen molar-refractivity contribution in [3.63, 3.8) is 0 Å². The second-order valence-corrected chi connectivity index (χ2v) is 3.75. The first kappa shape index (κ1) is 16.2. The van der Waals surface area contributed by atoms with Crippen LogP contribution in [0, 0.1) is 11.6 Å². The number of aliphatic hydroxyl groups excluding tert-OH is 1. The van der Waals surface area contributed by atoms with Crippen LogP contribution in [0.4, 0.5) is 17.6 Å². The van der Waals surface area contributed by atoms with Crippen molar-refractivity contribution in [3.05, 3.63) is 29.3 Å². The van der Waals surface area contributed by atoms with Gasteiger partial charge in [0.2, 0.25) is 0 Å². The SMILES string of the molecule is CCN(CCO)C(=O)c1c(F)cc(OC(F)F)cc1F. The van der Waals surface area contributed by atoms with Gasteiger partial charge in [-0.15, -0.1) is 0 Å². The number of aliphatic hydroxyl groups is 1. The second kappa shape index (κ2) is 7.09. The van der Waals surface area contributed by atoms with Crippen LogP contribution < -0.4 is 4.74 Å². The van der Waals surface area contributed by atoms with Crippen LogP contribution in [0.25, 0.3) is 0 Å². The number of amides is 1. The topological polar surface area (TPSA) is 49.8 Å². The van der Waals surface area contributed by atoms with Gasteiger partial charge in [-0.05, 0) is 6.92 Å². The molecule has 0 spiro atoms. The summed E-state index contributed by atoms with van der Waals surface area (Å²) >= 11 is 0. The number of nitrogens with zero attached hydrogens (tertiary/aromatic N) is 1. The van der Waals surface area contributed by atoms with E-state index in [0.29, 0.717) is 12.1 Å². The van der Waals surface area contributed by atoms with E-state index >= 15 is 0 Å². The van der Waals surface area contributed by atoms with Crippen LogP contribution in [0.1, 0.15) is 17.3 Å². The Kier molecular flexibility index (Phi) is 5.75. The Morgan fingerprint density at radius 1 is 1.35 bits per heavy atom. The third kappa shape index (κ3) is 3.83. The van der Waals surface area contributed by atoms with E-state index < -0.39 is 35.5 Å². The molecular formula is C12H13F4NO3. The number of hydrogen-bond acceptors (Lipinski definition) is 3. The maximum absolute atomic E-state index is 13.7. The fraction of sp³-hybridized carbons (Fsp3) is 0.417. The smallest absolute Gasteiger partial charge is 0.387 e. The number of halogens is 4. The van der Waals surface area contributed by atoms with Gasteiger partial charge in [-0.25, -0.2) is 8.78 Å². The van der Waals surface area contributed by atoms with Gasteiger partial charge in [0.25, 0.3) is 5.91 Å². The van der Waals surface area contributed by atoms with Gasteiger partial charge in [-0.3, -0.25) is 4.79 Å². The molecule has 8 heteroatoms. The lowest BCUT2D eigenvalue weighted by atomic mass is 10.1. The highest BCUT2D eigenvalue weighted by Crippen LogP contribution is 2.23. The predicted octanol–water partition coefficient (Wildman–Crippen LogP) is 2.02. The number of carbonyl (C=O) groups excluding carboxylic acids is 1. The van der Waals surface area contributed by atoms with Crippen LogP contribution in [0.3, 0.4) is 0 Å². The summed E-state index contributed by atoms with van der Waals surface area (Å²) in [6.45, 7) is -1.98. The number of alkyl halides is 2. The van der Waals surface area contributed by atoms with Crippen LogP contribution in [-0.2, 0) is 0 Å². The lowest BCUT2D eigenvalue weighted by Gasteiger charge is -2.20. The van der Waals surface area contributed by atoms with Crippen LogP contribution in [0.15, 0.2) is 12.1 Å². The molecule has 1 aromatic rings. The van der Waals surface area contributed by atoms with Crippen LogP contribution in [0.2, 0.25) is 0 Å². The molecule has 0 heterocycles. The molecule has 0 aromatic heterocycles. The molecule has 0 aliphatic rings. The molecule has 0 aliphatic carbocycles. The summed E-state index contributed by atoms with van der Waals surface area (Å²) in [6.07, 6.45) is 0. The minimum absolute atomic E-state index is 0.0938. The summed E-state index contributed by atoms with van der Waals surface area (Å²) in [5, 5.41) is 8.76. The van der Waals surface area contributed by atoms with Crippen molar-refractivity contribution in [3.8, 4) is 5.75 Å². The van der Waals surface area contributed by atoms with Gasteiger partial charge in [0.05, 0.1) is 6.61 Å². The van der Waals surface area contributed by atoms with Gasteiger partial charge < -0.3 is 14.7 Å².